The first-order valence-corrected chi connectivity index (χ1v) is 28.6. The van der Waals surface area contributed by atoms with Crippen LogP contribution in [0, 0.1) is 0 Å². The molecule has 0 N–H and O–H groups in total. The Kier molecular flexibility index (Phi) is 16.9. The van der Waals surface area contributed by atoms with Crippen LogP contribution in [0.1, 0.15) is 11.1 Å². The van der Waals surface area contributed by atoms with Crippen molar-refractivity contribution in [3.05, 3.63) is 155 Å². The molecule has 0 aromatic heterocycles. The second-order valence-corrected chi connectivity index (χ2v) is 26.6. The molecule has 0 amide bonds. The van der Waals surface area contributed by atoms with Gasteiger partial charge in [0.15, 0.2) is 6.73 Å². The van der Waals surface area contributed by atoms with E-state index in [0.29, 0.717) is 17.2 Å². The Morgan fingerprint density at radius 2 is 1.27 bits per heavy atom. The topological polar surface area (TPSA) is 120 Å². The Hall–Kier alpha value is -3.43. The van der Waals surface area contributed by atoms with Crippen LogP contribution < -0.4 is 29.7 Å². The van der Waals surface area contributed by atoms with Crippen LogP contribution in [0.25, 0.3) is 10.4 Å². The zero-order chi connectivity index (χ0) is 39.0. The summed E-state index contributed by atoms with van der Waals surface area (Å²) in [5, 5.41) is 13.9. The predicted molar refractivity (Wildman–Crippen MR) is 249 cm³/mol. The summed E-state index contributed by atoms with van der Waals surface area (Å²) in [6, 6.07) is 44.0. The third-order valence-electron chi connectivity index (χ3n) is 7.72. The van der Waals surface area contributed by atoms with Gasteiger partial charge < -0.3 is 13.8 Å². The van der Waals surface area contributed by atoms with E-state index in [9.17, 15) is 0 Å². The minimum atomic E-state index is -2.62. The summed E-state index contributed by atoms with van der Waals surface area (Å²) in [5.41, 5.74) is 10.4. The lowest BCUT2D eigenvalue weighted by Gasteiger charge is -2.27. The molecule has 284 valence electrons. The summed E-state index contributed by atoms with van der Waals surface area (Å²) in [6.45, 7) is 1.18. The van der Waals surface area contributed by atoms with E-state index in [-0.39, 0.29) is 15.2 Å². The standard InChI is InChI=1S/C36H40N8O3P6S2/c1-43(38-26-29-14-18-32(19-15-29)46-49-52(48)41-40-37)28-45-31-22-24-36(25-23-31)53(34-10-6-4-7-11-34,35-12-8-5-9-13-35)42-51(55)47-33-20-16-30(17-21-33)27-39-44(2)50(3)54/h4-27,49-51H,28,48H2,1-3H3. The van der Waals surface area contributed by atoms with Gasteiger partial charge in [-0.3, -0.25) is 9.79 Å². The molecule has 0 saturated heterocycles. The van der Waals surface area contributed by atoms with Crippen LogP contribution in [-0.4, -0.2) is 49.7 Å². The molecule has 55 heavy (non-hydrogen) atoms. The molecule has 0 aliphatic heterocycles. The smallest absolute Gasteiger partial charge is 0.210 e. The largest absolute Gasteiger partial charge is 0.472 e. The molecule has 5 unspecified atom stereocenters. The molecule has 0 heterocycles. The summed E-state index contributed by atoms with van der Waals surface area (Å²) in [5.74, 6) is 2.06. The number of hydrazone groups is 2. The van der Waals surface area contributed by atoms with Gasteiger partial charge in [0.05, 0.1) is 26.9 Å². The first-order chi connectivity index (χ1) is 26.7. The van der Waals surface area contributed by atoms with E-state index < -0.39 is 28.4 Å². The fourth-order valence-electron chi connectivity index (χ4n) is 4.92. The van der Waals surface area contributed by atoms with Crippen molar-refractivity contribution in [1.82, 2.24) is 9.79 Å². The molecule has 0 fully saturated rings. The summed E-state index contributed by atoms with van der Waals surface area (Å²) < 4.78 is 25.5. The number of azide groups is 1. The Morgan fingerprint density at radius 3 is 1.82 bits per heavy atom. The van der Waals surface area contributed by atoms with Crippen LogP contribution >= 0.6 is 45.9 Å². The number of hydrogen-bond donors (Lipinski definition) is 0. The van der Waals surface area contributed by atoms with Gasteiger partial charge in [-0.05, 0) is 108 Å². The maximum absolute atomic E-state index is 8.56. The second-order valence-electron chi connectivity index (χ2n) is 11.6. The van der Waals surface area contributed by atoms with E-state index >= 15 is 0 Å². The van der Waals surface area contributed by atoms with Gasteiger partial charge in [0.2, 0.25) is 7.07 Å². The number of rotatable bonds is 18. The highest BCUT2D eigenvalue weighted by Crippen LogP contribution is 2.63. The van der Waals surface area contributed by atoms with Crippen LogP contribution in [0.2, 0.25) is 0 Å². The Labute approximate surface area is 339 Å². The molecular weight excluding hydrogens is 842 g/mol. The lowest BCUT2D eigenvalue weighted by Crippen LogP contribution is -2.25. The molecule has 0 aliphatic carbocycles. The third-order valence-corrected chi connectivity index (χ3v) is 19.1. The van der Waals surface area contributed by atoms with Gasteiger partial charge in [-0.1, -0.05) is 86.3 Å². The molecule has 0 saturated carbocycles. The quantitative estimate of drug-likeness (QED) is 0.0164. The fraction of sp³-hybridized carbons (Fsp3) is 0.111. The van der Waals surface area contributed by atoms with Crippen LogP contribution in [0.15, 0.2) is 153 Å². The molecule has 5 atom stereocenters. The molecule has 0 spiro atoms. The molecule has 5 rings (SSSR count). The Balaban J connectivity index is 1.33. The van der Waals surface area contributed by atoms with Gasteiger partial charge in [-0.2, -0.15) is 10.2 Å². The van der Waals surface area contributed by atoms with E-state index in [2.05, 4.69) is 65.3 Å². The summed E-state index contributed by atoms with van der Waals surface area (Å²) in [6.07, 6.45) is 3.55. The second kappa shape index (κ2) is 21.8. The predicted octanol–water partition coefficient (Wildman–Crippen LogP) is 9.92. The van der Waals surface area contributed by atoms with Gasteiger partial charge in [0, 0.05) is 41.8 Å². The first kappa shape index (κ1) is 42.7. The van der Waals surface area contributed by atoms with Crippen LogP contribution in [0.5, 0.6) is 17.2 Å². The lowest BCUT2D eigenvalue weighted by atomic mass is 10.2. The zero-order valence-electron chi connectivity index (χ0n) is 30.2. The van der Waals surface area contributed by atoms with E-state index in [4.69, 9.17) is 47.4 Å². The minimum absolute atomic E-state index is 0.0721. The van der Waals surface area contributed by atoms with Gasteiger partial charge in [0.25, 0.3) is 0 Å². The van der Waals surface area contributed by atoms with Crippen molar-refractivity contribution in [2.45, 2.75) is 0 Å². The average Bonchev–Trinajstić information content (AvgIpc) is 3.21. The normalized spacial score (nSPS) is 13.2. The number of nitrogens with zero attached hydrogens (tertiary/aromatic N) is 8. The molecule has 19 heteroatoms. The van der Waals surface area contributed by atoms with Crippen molar-refractivity contribution in [2.24, 2.45) is 19.6 Å². The van der Waals surface area contributed by atoms with Gasteiger partial charge in [-0.25, -0.2) is 4.52 Å². The molecule has 0 radical (unpaired) electrons. The number of benzene rings is 5. The van der Waals surface area contributed by atoms with Gasteiger partial charge in [0.1, 0.15) is 25.7 Å². The van der Waals surface area contributed by atoms with Crippen LogP contribution in [0.4, 0.5) is 0 Å². The Bertz CT molecular complexity index is 2170. The van der Waals surface area contributed by atoms with Crippen LogP contribution in [0.3, 0.4) is 0 Å². The van der Waals surface area contributed by atoms with Gasteiger partial charge in [-0.15, -0.1) is 0 Å². The molecule has 5 aromatic rings. The minimum Gasteiger partial charge on any atom is -0.472 e. The molecule has 5 aromatic carbocycles. The highest BCUT2D eigenvalue weighted by Gasteiger charge is 2.28. The van der Waals surface area contributed by atoms with Crippen molar-refractivity contribution in [3.8, 4) is 17.2 Å². The SMILES string of the molecule is CN(COc1ccc(P(=N[PH](=S)Oc2ccc(C=NN(C)[PH](C)=S)cc2)(c2ccccc2)c2ccccc2)cc1)N=Cc1ccc(OPP(P)N=[N+]=[N-])cc1. The van der Waals surface area contributed by atoms with E-state index in [1.807, 2.05) is 123 Å². The van der Waals surface area contributed by atoms with Crippen molar-refractivity contribution < 1.29 is 13.8 Å². The highest BCUT2D eigenvalue weighted by molar-refractivity contribution is 8.46. The fourth-order valence-corrected chi connectivity index (χ4v) is 14.1. The van der Waals surface area contributed by atoms with Crippen LogP contribution in [-0.2, 0) is 23.6 Å². The number of ether oxygens (including phenoxy) is 1. The monoisotopic (exact) mass is 882 g/mol. The zero-order valence-corrected chi connectivity index (χ0v) is 37.7. The molecule has 11 nitrogen and oxygen atoms in total. The Morgan fingerprint density at radius 1 is 0.764 bits per heavy atom. The summed E-state index contributed by atoms with van der Waals surface area (Å²) in [7, 11) is 0.655. The van der Waals surface area contributed by atoms with Crippen molar-refractivity contribution in [1.29, 1.82) is 0 Å². The van der Waals surface area contributed by atoms with Gasteiger partial charge >= 0.3 is 0 Å². The maximum Gasteiger partial charge on any atom is 0.210 e. The summed E-state index contributed by atoms with van der Waals surface area (Å²) in [4.78, 5) is 6.48. The van der Waals surface area contributed by atoms with E-state index in [1.165, 1.54) is 0 Å². The molecular formula is C36H40N8O3P6S2. The maximum atomic E-state index is 8.56. The van der Waals surface area contributed by atoms with Crippen molar-refractivity contribution in [2.75, 3.05) is 27.5 Å². The van der Waals surface area contributed by atoms with E-state index in [1.54, 1.807) is 17.4 Å². The molecule has 0 bridgehead atoms. The number of hydrogen-bond acceptors (Lipinski definition) is 9. The summed E-state index contributed by atoms with van der Waals surface area (Å²) >= 11 is 11.4. The van der Waals surface area contributed by atoms with Crippen molar-refractivity contribution >= 4 is 97.8 Å². The van der Waals surface area contributed by atoms with Crippen molar-refractivity contribution in [3.63, 3.8) is 0 Å². The average molecular weight is 883 g/mol. The highest BCUT2D eigenvalue weighted by atomic mass is 32.4. The third kappa shape index (κ3) is 12.8. The first-order valence-electron chi connectivity index (χ1n) is 16.6. The lowest BCUT2D eigenvalue weighted by molar-refractivity contribution is 0.158. The molecule has 0 aliphatic rings. The van der Waals surface area contributed by atoms with E-state index in [0.717, 1.165) is 27.0 Å².